The van der Waals surface area contributed by atoms with Crippen molar-refractivity contribution in [2.75, 3.05) is 32.9 Å². The quantitative estimate of drug-likeness (QED) is 0.0424. The van der Waals surface area contributed by atoms with E-state index in [9.17, 15) is 70.2 Å². The fourth-order valence-corrected chi connectivity index (χ4v) is 7.77. The SMILES string of the molecule is CC(=O)CCCC(=O)NCCNC(=O)CCCCCO[C@@H]1O[C@@H](C)[C@H](O)[C@@H](O[C@H]2O[C@H](CO)[C@@H](O)[C@H](O[C@H]3O[C@H](CO)[C@@H](O)[C@H](O)[C@H]3O[C@@H]3O[C@@H](C)[C@H](O)[C@@H](O)[C@H]3O)[C@H]2NC(C)=O)[C@H]1O. The molecule has 0 bridgehead atoms. The Labute approximate surface area is 375 Å². The van der Waals surface area contributed by atoms with Gasteiger partial charge in [0, 0.05) is 45.9 Å². The van der Waals surface area contributed by atoms with E-state index in [-0.39, 0.29) is 50.1 Å². The van der Waals surface area contributed by atoms with E-state index in [2.05, 4.69) is 16.0 Å². The second-order valence-corrected chi connectivity index (χ2v) is 16.8. The Hall–Kier alpha value is -2.64. The number of ether oxygens (including phenoxy) is 8. The van der Waals surface area contributed by atoms with Crippen LogP contribution in [-0.2, 0) is 57.1 Å². The number of carbonyl (C=O) groups excluding carboxylic acids is 4. The van der Waals surface area contributed by atoms with E-state index in [1.807, 2.05) is 0 Å². The van der Waals surface area contributed by atoms with Gasteiger partial charge in [-0.2, -0.15) is 0 Å². The molecular weight excluding hydrogens is 874 g/mol. The van der Waals surface area contributed by atoms with Crippen molar-refractivity contribution in [2.45, 2.75) is 195 Å². The number of ketones is 1. The smallest absolute Gasteiger partial charge is 0.220 e. The summed E-state index contributed by atoms with van der Waals surface area (Å²) in [6.45, 7) is 4.22. The summed E-state index contributed by atoms with van der Waals surface area (Å²) >= 11 is 0. The summed E-state index contributed by atoms with van der Waals surface area (Å²) in [5.41, 5.74) is 0. The summed E-state index contributed by atoms with van der Waals surface area (Å²) in [7, 11) is 0. The summed E-state index contributed by atoms with van der Waals surface area (Å²) in [5.74, 6) is -1.13. The molecule has 0 aliphatic carbocycles. The Morgan fingerprint density at radius 1 is 0.508 bits per heavy atom. The van der Waals surface area contributed by atoms with Crippen molar-refractivity contribution in [3.8, 4) is 0 Å². The average molecular weight is 944 g/mol. The minimum Gasteiger partial charge on any atom is -0.394 e. The minimum atomic E-state index is -1.95. The molecular formula is C40H69N3O22. The van der Waals surface area contributed by atoms with Crippen molar-refractivity contribution in [2.24, 2.45) is 0 Å². The standard InChI is InChI=1S/C40H69N3O22/c1-17(46)9-8-11-24(49)42-13-12-41-23(48)10-6-5-7-14-58-38-33(57)35(27(51)19(3)59-38)64-37-25(43-20(4)47)34(29(53)22(16-45)61-37)63-40-36(31(55)28(52)21(15-44)62-40)65-39-32(56)30(54)26(50)18(2)60-39/h18-19,21-22,25-40,44-45,50-57H,5-16H2,1-4H3,(H,41,48)(H,42,49)(H,43,47)/t18-,19-,21+,22+,25+,26-,27-,28+,29+,30+,31-,32+,33+,34+,35+,36+,37+,38+,39-,40+/m0/s1. The molecule has 0 aromatic carbocycles. The molecule has 20 atom stereocenters. The molecule has 4 heterocycles. The Morgan fingerprint density at radius 2 is 1.06 bits per heavy atom. The van der Waals surface area contributed by atoms with Crippen molar-refractivity contribution < 1.29 is 108 Å². The monoisotopic (exact) mass is 943 g/mol. The molecule has 4 aliphatic heterocycles. The maximum absolute atomic E-state index is 12.6. The van der Waals surface area contributed by atoms with Crippen LogP contribution in [0.1, 0.15) is 72.6 Å². The fourth-order valence-electron chi connectivity index (χ4n) is 7.77. The van der Waals surface area contributed by atoms with Crippen LogP contribution in [-0.4, -0.2) is 230 Å². The first-order valence-corrected chi connectivity index (χ1v) is 21.9. The predicted molar refractivity (Wildman–Crippen MR) is 215 cm³/mol. The van der Waals surface area contributed by atoms with Gasteiger partial charge >= 0.3 is 0 Å². The molecule has 25 heteroatoms. The minimum absolute atomic E-state index is 0.0103. The van der Waals surface area contributed by atoms with Gasteiger partial charge in [-0.05, 0) is 40.0 Å². The second-order valence-electron chi connectivity index (χ2n) is 16.8. The molecule has 13 N–H and O–H groups in total. The maximum atomic E-state index is 12.6. The zero-order chi connectivity index (χ0) is 48.1. The zero-order valence-electron chi connectivity index (χ0n) is 36.9. The number of amides is 3. The zero-order valence-corrected chi connectivity index (χ0v) is 36.9. The third kappa shape index (κ3) is 15.2. The molecule has 4 rings (SSSR count). The normalized spacial score (nSPS) is 39.9. The maximum Gasteiger partial charge on any atom is 0.220 e. The van der Waals surface area contributed by atoms with Crippen molar-refractivity contribution in [1.29, 1.82) is 0 Å². The number of hydrogen-bond acceptors (Lipinski definition) is 22. The number of carbonyl (C=O) groups is 4. The molecule has 4 fully saturated rings. The lowest BCUT2D eigenvalue weighted by atomic mass is 9.94. The van der Waals surface area contributed by atoms with E-state index in [0.29, 0.717) is 32.1 Å². The molecule has 376 valence electrons. The van der Waals surface area contributed by atoms with Gasteiger partial charge in [0.25, 0.3) is 0 Å². The number of aliphatic hydroxyl groups is 10. The topological polar surface area (TPSA) is 381 Å². The molecule has 0 radical (unpaired) electrons. The highest BCUT2D eigenvalue weighted by atomic mass is 16.8. The lowest BCUT2D eigenvalue weighted by molar-refractivity contribution is -0.386. The molecule has 65 heavy (non-hydrogen) atoms. The summed E-state index contributed by atoms with van der Waals surface area (Å²) in [5, 5.41) is 115. The predicted octanol–water partition coefficient (Wildman–Crippen LogP) is -5.97. The van der Waals surface area contributed by atoms with Crippen LogP contribution >= 0.6 is 0 Å². The largest absolute Gasteiger partial charge is 0.394 e. The molecule has 0 aromatic heterocycles. The van der Waals surface area contributed by atoms with Gasteiger partial charge in [-0.25, -0.2) is 0 Å². The first-order chi connectivity index (χ1) is 30.8. The highest BCUT2D eigenvalue weighted by Crippen LogP contribution is 2.35. The Kier molecular flexibility index (Phi) is 22.2. The number of hydrogen-bond donors (Lipinski definition) is 13. The van der Waals surface area contributed by atoms with E-state index in [1.54, 1.807) is 0 Å². The van der Waals surface area contributed by atoms with E-state index >= 15 is 0 Å². The highest BCUT2D eigenvalue weighted by molar-refractivity contribution is 5.79. The van der Waals surface area contributed by atoms with Gasteiger partial charge in [0.1, 0.15) is 91.2 Å². The number of nitrogens with one attached hydrogen (secondary N) is 3. The van der Waals surface area contributed by atoms with E-state index in [1.165, 1.54) is 20.8 Å². The van der Waals surface area contributed by atoms with Crippen LogP contribution in [0.2, 0.25) is 0 Å². The van der Waals surface area contributed by atoms with Crippen LogP contribution < -0.4 is 16.0 Å². The van der Waals surface area contributed by atoms with Crippen LogP contribution in [0.25, 0.3) is 0 Å². The molecule has 0 spiro atoms. The van der Waals surface area contributed by atoms with E-state index in [4.69, 9.17) is 37.9 Å². The van der Waals surface area contributed by atoms with Crippen molar-refractivity contribution in [1.82, 2.24) is 16.0 Å². The van der Waals surface area contributed by atoms with Crippen LogP contribution in [0.4, 0.5) is 0 Å². The molecule has 3 amide bonds. The number of rotatable bonds is 23. The third-order valence-electron chi connectivity index (χ3n) is 11.5. The van der Waals surface area contributed by atoms with Gasteiger partial charge in [0.2, 0.25) is 17.7 Å². The van der Waals surface area contributed by atoms with Gasteiger partial charge in [0.15, 0.2) is 25.2 Å². The molecule has 0 unspecified atom stereocenters. The Bertz CT molecular complexity index is 1500. The molecule has 0 saturated carbocycles. The number of aliphatic hydroxyl groups excluding tert-OH is 10. The highest BCUT2D eigenvalue weighted by Gasteiger charge is 2.56. The van der Waals surface area contributed by atoms with Gasteiger partial charge in [-0.1, -0.05) is 6.42 Å². The summed E-state index contributed by atoms with van der Waals surface area (Å²) in [6, 6.07) is -1.56. The molecule has 4 saturated heterocycles. The van der Waals surface area contributed by atoms with E-state index in [0.717, 1.165) is 6.92 Å². The van der Waals surface area contributed by atoms with Gasteiger partial charge < -0.3 is 110 Å². The first-order valence-electron chi connectivity index (χ1n) is 21.9. The van der Waals surface area contributed by atoms with E-state index < -0.39 is 142 Å². The van der Waals surface area contributed by atoms with Crippen LogP contribution in [0.5, 0.6) is 0 Å². The van der Waals surface area contributed by atoms with Gasteiger partial charge in [-0.15, -0.1) is 0 Å². The third-order valence-corrected chi connectivity index (χ3v) is 11.5. The lowest BCUT2D eigenvalue weighted by Gasteiger charge is -2.50. The molecule has 0 aromatic rings. The Morgan fingerprint density at radius 3 is 1.68 bits per heavy atom. The average Bonchev–Trinajstić information content (AvgIpc) is 3.26. The van der Waals surface area contributed by atoms with Crippen LogP contribution in [0.3, 0.4) is 0 Å². The van der Waals surface area contributed by atoms with Crippen molar-refractivity contribution in [3.63, 3.8) is 0 Å². The van der Waals surface area contributed by atoms with Crippen LogP contribution in [0, 0.1) is 0 Å². The van der Waals surface area contributed by atoms with Crippen molar-refractivity contribution in [3.05, 3.63) is 0 Å². The molecule has 25 nitrogen and oxygen atoms in total. The lowest BCUT2D eigenvalue weighted by Crippen LogP contribution is -2.70. The van der Waals surface area contributed by atoms with Crippen molar-refractivity contribution >= 4 is 23.5 Å². The molecule has 4 aliphatic rings. The summed E-state index contributed by atoms with van der Waals surface area (Å²) in [6.07, 6.45) is -28.3. The second kappa shape index (κ2) is 26.2. The van der Waals surface area contributed by atoms with Gasteiger partial charge in [-0.3, -0.25) is 14.4 Å². The first kappa shape index (κ1) is 55.0. The number of Topliss-reactive ketones (excluding diaryl/α,β-unsaturated/α-hetero) is 1. The van der Waals surface area contributed by atoms with Crippen LogP contribution in [0.15, 0.2) is 0 Å². The summed E-state index contributed by atoms with van der Waals surface area (Å²) in [4.78, 5) is 47.7. The van der Waals surface area contributed by atoms with Gasteiger partial charge in [0.05, 0.1) is 25.4 Å². The number of unbranched alkanes of at least 4 members (excludes halogenated alkanes) is 2. The fraction of sp³-hybridized carbons (Fsp3) is 0.900. The summed E-state index contributed by atoms with van der Waals surface area (Å²) < 4.78 is 46.6. The Balaban J connectivity index is 1.39.